The fourth-order valence-corrected chi connectivity index (χ4v) is 2.94. The summed E-state index contributed by atoms with van der Waals surface area (Å²) in [7, 11) is 1.75. The molecule has 1 aliphatic heterocycles. The molecule has 1 saturated heterocycles. The number of aromatic nitrogens is 3. The first-order valence-corrected chi connectivity index (χ1v) is 8.64. The Hall–Kier alpha value is -2.28. The van der Waals surface area contributed by atoms with Crippen molar-refractivity contribution >= 4 is 5.91 Å². The van der Waals surface area contributed by atoms with Gasteiger partial charge in [0, 0.05) is 25.8 Å². The van der Waals surface area contributed by atoms with Crippen molar-refractivity contribution in [2.24, 2.45) is 0 Å². The Morgan fingerprint density at radius 1 is 1.40 bits per heavy atom. The van der Waals surface area contributed by atoms with Gasteiger partial charge in [0.1, 0.15) is 5.82 Å². The maximum Gasteiger partial charge on any atom is 0.275 e. The van der Waals surface area contributed by atoms with E-state index in [0.717, 1.165) is 25.9 Å². The molecule has 0 bridgehead atoms. The smallest absolute Gasteiger partial charge is 0.275 e. The van der Waals surface area contributed by atoms with Gasteiger partial charge in [0.25, 0.3) is 5.91 Å². The third-order valence-electron chi connectivity index (χ3n) is 4.46. The molecule has 0 N–H and O–H groups in total. The summed E-state index contributed by atoms with van der Waals surface area (Å²) in [6.45, 7) is 1.67. The Bertz CT molecular complexity index is 713. The number of hydrogen-bond acceptors (Lipinski definition) is 4. The van der Waals surface area contributed by atoms with Crippen LogP contribution in [0.2, 0.25) is 0 Å². The Morgan fingerprint density at radius 2 is 2.24 bits per heavy atom. The van der Waals surface area contributed by atoms with Gasteiger partial charge in [-0.1, -0.05) is 23.4 Å². The number of nitrogens with zero attached hydrogens (tertiary/aromatic N) is 4. The number of hydrogen-bond donors (Lipinski definition) is 0. The van der Waals surface area contributed by atoms with Crippen molar-refractivity contribution in [3.63, 3.8) is 0 Å². The molecule has 6 nitrogen and oxygen atoms in total. The van der Waals surface area contributed by atoms with E-state index in [1.165, 1.54) is 17.2 Å². The third-order valence-corrected chi connectivity index (χ3v) is 4.46. The second-order valence-corrected chi connectivity index (χ2v) is 6.40. The lowest BCUT2D eigenvalue weighted by Gasteiger charge is -2.24. The molecule has 1 atom stereocenters. The molecule has 0 aliphatic carbocycles. The van der Waals surface area contributed by atoms with Gasteiger partial charge in [-0.05, 0) is 31.7 Å². The number of ether oxygens (including phenoxy) is 1. The van der Waals surface area contributed by atoms with Gasteiger partial charge in [-0.3, -0.25) is 4.79 Å². The van der Waals surface area contributed by atoms with E-state index >= 15 is 0 Å². The van der Waals surface area contributed by atoms with E-state index < -0.39 is 0 Å². The van der Waals surface area contributed by atoms with Gasteiger partial charge in [-0.15, -0.1) is 5.10 Å². The third kappa shape index (κ3) is 4.63. The average molecular weight is 346 g/mol. The van der Waals surface area contributed by atoms with Crippen molar-refractivity contribution in [2.45, 2.75) is 38.3 Å². The van der Waals surface area contributed by atoms with E-state index in [1.54, 1.807) is 36.3 Å². The van der Waals surface area contributed by atoms with Gasteiger partial charge in [-0.25, -0.2) is 9.07 Å². The zero-order valence-electron chi connectivity index (χ0n) is 14.4. The van der Waals surface area contributed by atoms with Crippen LogP contribution in [-0.2, 0) is 11.3 Å². The van der Waals surface area contributed by atoms with Crippen LogP contribution < -0.4 is 0 Å². The van der Waals surface area contributed by atoms with Crippen LogP contribution in [0.4, 0.5) is 4.39 Å². The highest BCUT2D eigenvalue weighted by molar-refractivity contribution is 5.91. The molecule has 2 aromatic rings. The van der Waals surface area contributed by atoms with Gasteiger partial charge in [0.2, 0.25) is 0 Å². The normalized spacial score (nSPS) is 17.4. The lowest BCUT2D eigenvalue weighted by atomic mass is 10.1. The Kier molecular flexibility index (Phi) is 5.75. The second-order valence-electron chi connectivity index (χ2n) is 6.40. The molecule has 1 amide bonds. The topological polar surface area (TPSA) is 60.2 Å². The molecule has 0 spiro atoms. The first-order chi connectivity index (χ1) is 12.1. The highest BCUT2D eigenvalue weighted by Crippen LogP contribution is 2.16. The van der Waals surface area contributed by atoms with Crippen molar-refractivity contribution in [3.05, 3.63) is 47.5 Å². The minimum atomic E-state index is -0.296. The standard InChI is InChI=1S/C18H23FN4O2/c1-22(10-9-15-7-4-5-11-25-15)18(24)17-13-23(21-20-17)12-14-6-2-3-8-16(14)19/h2-3,6,8,13,15H,4-5,7,9-12H2,1H3/t15-/m1/s1. The predicted molar refractivity (Wildman–Crippen MR) is 90.7 cm³/mol. The van der Waals surface area contributed by atoms with Crippen LogP contribution in [-0.4, -0.2) is 52.1 Å². The van der Waals surface area contributed by atoms with E-state index in [4.69, 9.17) is 4.74 Å². The molecular weight excluding hydrogens is 323 g/mol. The van der Waals surface area contributed by atoms with Crippen LogP contribution in [0.15, 0.2) is 30.5 Å². The van der Waals surface area contributed by atoms with Crippen LogP contribution in [0.1, 0.15) is 41.7 Å². The number of halogens is 1. The quantitative estimate of drug-likeness (QED) is 0.806. The summed E-state index contributed by atoms with van der Waals surface area (Å²) >= 11 is 0. The van der Waals surface area contributed by atoms with Crippen LogP contribution in [0.5, 0.6) is 0 Å². The van der Waals surface area contributed by atoms with Crippen LogP contribution >= 0.6 is 0 Å². The molecule has 0 unspecified atom stereocenters. The molecule has 3 rings (SSSR count). The predicted octanol–water partition coefficient (Wildman–Crippen LogP) is 2.50. The number of carbonyl (C=O) groups is 1. The van der Waals surface area contributed by atoms with E-state index in [0.29, 0.717) is 12.1 Å². The summed E-state index contributed by atoms with van der Waals surface area (Å²) in [6.07, 6.45) is 5.98. The summed E-state index contributed by atoms with van der Waals surface area (Å²) in [4.78, 5) is 14.1. The molecule has 2 heterocycles. The van der Waals surface area contributed by atoms with Crippen molar-refractivity contribution in [1.82, 2.24) is 19.9 Å². The van der Waals surface area contributed by atoms with Crippen LogP contribution in [0, 0.1) is 5.82 Å². The molecule has 0 radical (unpaired) electrons. The number of benzene rings is 1. The van der Waals surface area contributed by atoms with E-state index in [9.17, 15) is 9.18 Å². The Balaban J connectivity index is 1.55. The molecule has 1 fully saturated rings. The number of carbonyl (C=O) groups excluding carboxylic acids is 1. The largest absolute Gasteiger partial charge is 0.378 e. The van der Waals surface area contributed by atoms with Crippen molar-refractivity contribution in [2.75, 3.05) is 20.2 Å². The molecule has 25 heavy (non-hydrogen) atoms. The maximum atomic E-state index is 13.7. The fourth-order valence-electron chi connectivity index (χ4n) is 2.94. The summed E-state index contributed by atoms with van der Waals surface area (Å²) in [5.41, 5.74) is 0.776. The maximum absolute atomic E-state index is 13.7. The first kappa shape index (κ1) is 17.5. The van der Waals surface area contributed by atoms with Crippen molar-refractivity contribution in [3.8, 4) is 0 Å². The summed E-state index contributed by atoms with van der Waals surface area (Å²) in [5.74, 6) is -0.480. The van der Waals surface area contributed by atoms with Crippen LogP contribution in [0.3, 0.4) is 0 Å². The zero-order chi connectivity index (χ0) is 17.6. The molecular formula is C18H23FN4O2. The Morgan fingerprint density at radius 3 is 3.00 bits per heavy atom. The van der Waals surface area contributed by atoms with Gasteiger partial charge in [-0.2, -0.15) is 0 Å². The van der Waals surface area contributed by atoms with E-state index in [-0.39, 0.29) is 30.1 Å². The minimum absolute atomic E-state index is 0.185. The molecule has 1 aromatic heterocycles. The molecule has 1 aromatic carbocycles. The molecule has 134 valence electrons. The minimum Gasteiger partial charge on any atom is -0.378 e. The lowest BCUT2D eigenvalue weighted by Crippen LogP contribution is -2.31. The van der Waals surface area contributed by atoms with Crippen LogP contribution in [0.25, 0.3) is 0 Å². The van der Waals surface area contributed by atoms with Gasteiger partial charge >= 0.3 is 0 Å². The average Bonchev–Trinajstić information content (AvgIpc) is 3.10. The molecule has 7 heteroatoms. The van der Waals surface area contributed by atoms with Crippen molar-refractivity contribution < 1.29 is 13.9 Å². The zero-order valence-corrected chi connectivity index (χ0v) is 14.4. The highest BCUT2D eigenvalue weighted by atomic mass is 19.1. The van der Waals surface area contributed by atoms with Gasteiger partial charge < -0.3 is 9.64 Å². The fraction of sp³-hybridized carbons (Fsp3) is 0.500. The van der Waals surface area contributed by atoms with Gasteiger partial charge in [0.05, 0.1) is 18.8 Å². The second kappa shape index (κ2) is 8.20. The van der Waals surface area contributed by atoms with Crippen molar-refractivity contribution in [1.29, 1.82) is 0 Å². The summed E-state index contributed by atoms with van der Waals surface area (Å²) in [6, 6.07) is 6.50. The molecule has 0 saturated carbocycles. The Labute approximate surface area is 146 Å². The first-order valence-electron chi connectivity index (χ1n) is 8.64. The number of amides is 1. The lowest BCUT2D eigenvalue weighted by molar-refractivity contribution is 0.00705. The molecule has 1 aliphatic rings. The monoisotopic (exact) mass is 346 g/mol. The van der Waals surface area contributed by atoms with E-state index in [1.807, 2.05) is 0 Å². The SMILES string of the molecule is CN(CC[C@H]1CCCCO1)C(=O)c1cn(Cc2ccccc2F)nn1. The highest BCUT2D eigenvalue weighted by Gasteiger charge is 2.19. The van der Waals surface area contributed by atoms with Gasteiger partial charge in [0.15, 0.2) is 5.69 Å². The number of rotatable bonds is 6. The summed E-state index contributed by atoms with van der Waals surface area (Å²) in [5, 5.41) is 7.86. The summed E-state index contributed by atoms with van der Waals surface area (Å²) < 4.78 is 20.9. The van der Waals surface area contributed by atoms with E-state index in [2.05, 4.69) is 10.3 Å².